The van der Waals surface area contributed by atoms with Gasteiger partial charge in [-0.05, 0) is 18.9 Å². The van der Waals surface area contributed by atoms with Gasteiger partial charge in [0.1, 0.15) is 0 Å². The highest BCUT2D eigenvalue weighted by molar-refractivity contribution is 5.97. The molecule has 2 heterocycles. The maximum absolute atomic E-state index is 8.73. The van der Waals surface area contributed by atoms with Crippen LogP contribution in [0.1, 0.15) is 30.1 Å². The summed E-state index contributed by atoms with van der Waals surface area (Å²) in [5.41, 5.74) is 6.93. The first-order valence-corrected chi connectivity index (χ1v) is 5.64. The fourth-order valence-corrected chi connectivity index (χ4v) is 1.78. The standard InChI is InChI=1S/C11H12N6O/c12-10(16-18)9-11(14-5-4-13-9)17-6-3-8(15-17)7-1-2-7/h3-7,18H,1-2H2,(H2,12,16). The minimum absolute atomic E-state index is 0.0819. The first kappa shape index (κ1) is 10.7. The third-order valence-corrected chi connectivity index (χ3v) is 2.85. The molecule has 0 bridgehead atoms. The molecule has 0 aliphatic heterocycles. The van der Waals surface area contributed by atoms with E-state index in [1.807, 2.05) is 12.3 Å². The van der Waals surface area contributed by atoms with Gasteiger partial charge in [0, 0.05) is 24.5 Å². The zero-order valence-corrected chi connectivity index (χ0v) is 9.56. The Balaban J connectivity index is 2.04. The molecule has 0 unspecified atom stereocenters. The number of aromatic nitrogens is 4. The molecule has 0 amide bonds. The topological polar surface area (TPSA) is 102 Å². The fourth-order valence-electron chi connectivity index (χ4n) is 1.78. The summed E-state index contributed by atoms with van der Waals surface area (Å²) in [6.07, 6.45) is 7.21. The highest BCUT2D eigenvalue weighted by Gasteiger charge is 2.26. The molecule has 0 atom stereocenters. The predicted octanol–water partition coefficient (Wildman–Crippen LogP) is 0.634. The summed E-state index contributed by atoms with van der Waals surface area (Å²) in [6, 6.07) is 1.96. The lowest BCUT2D eigenvalue weighted by Crippen LogP contribution is -2.19. The summed E-state index contributed by atoms with van der Waals surface area (Å²) in [5.74, 6) is 0.941. The van der Waals surface area contributed by atoms with Gasteiger partial charge >= 0.3 is 0 Å². The van der Waals surface area contributed by atoms with E-state index in [1.54, 1.807) is 10.9 Å². The van der Waals surface area contributed by atoms with Crippen LogP contribution in [-0.2, 0) is 0 Å². The van der Waals surface area contributed by atoms with Crippen LogP contribution in [0.2, 0.25) is 0 Å². The quantitative estimate of drug-likeness (QED) is 0.357. The predicted molar refractivity (Wildman–Crippen MR) is 63.6 cm³/mol. The number of nitrogens with two attached hydrogens (primary N) is 1. The van der Waals surface area contributed by atoms with Crippen molar-refractivity contribution in [3.05, 3.63) is 36.0 Å². The van der Waals surface area contributed by atoms with Crippen molar-refractivity contribution >= 4 is 5.84 Å². The van der Waals surface area contributed by atoms with E-state index in [-0.39, 0.29) is 5.84 Å². The van der Waals surface area contributed by atoms with Crippen molar-refractivity contribution in [1.82, 2.24) is 19.7 Å². The van der Waals surface area contributed by atoms with Gasteiger partial charge < -0.3 is 10.9 Å². The molecule has 18 heavy (non-hydrogen) atoms. The van der Waals surface area contributed by atoms with Gasteiger partial charge in [-0.2, -0.15) is 5.10 Å². The first-order valence-electron chi connectivity index (χ1n) is 5.64. The van der Waals surface area contributed by atoms with Crippen LogP contribution in [0.15, 0.2) is 29.8 Å². The molecule has 92 valence electrons. The van der Waals surface area contributed by atoms with Gasteiger partial charge in [-0.15, -0.1) is 0 Å². The van der Waals surface area contributed by atoms with Crippen molar-refractivity contribution in [3.63, 3.8) is 0 Å². The summed E-state index contributed by atoms with van der Waals surface area (Å²) in [4.78, 5) is 8.23. The summed E-state index contributed by atoms with van der Waals surface area (Å²) in [6.45, 7) is 0. The van der Waals surface area contributed by atoms with Crippen LogP contribution in [0.25, 0.3) is 5.82 Å². The minimum atomic E-state index is -0.0819. The molecule has 7 heteroatoms. The van der Waals surface area contributed by atoms with Gasteiger partial charge in [-0.1, -0.05) is 5.16 Å². The van der Waals surface area contributed by atoms with E-state index in [0.29, 0.717) is 17.4 Å². The van der Waals surface area contributed by atoms with Crippen LogP contribution in [-0.4, -0.2) is 30.8 Å². The number of amidine groups is 1. The van der Waals surface area contributed by atoms with Crippen molar-refractivity contribution < 1.29 is 5.21 Å². The molecule has 1 aliphatic carbocycles. The largest absolute Gasteiger partial charge is 0.409 e. The monoisotopic (exact) mass is 244 g/mol. The van der Waals surface area contributed by atoms with Crippen LogP contribution < -0.4 is 5.73 Å². The van der Waals surface area contributed by atoms with Gasteiger partial charge in [-0.3, -0.25) is 0 Å². The second kappa shape index (κ2) is 4.10. The second-order valence-electron chi connectivity index (χ2n) is 4.17. The van der Waals surface area contributed by atoms with Crippen LogP contribution >= 0.6 is 0 Å². The van der Waals surface area contributed by atoms with E-state index in [1.165, 1.54) is 19.0 Å². The third-order valence-electron chi connectivity index (χ3n) is 2.85. The van der Waals surface area contributed by atoms with E-state index in [2.05, 4.69) is 20.2 Å². The molecule has 1 aliphatic rings. The van der Waals surface area contributed by atoms with Gasteiger partial charge in [0.05, 0.1) is 5.69 Å². The SMILES string of the molecule is N/C(=N\O)c1nccnc1-n1ccc(C2CC2)n1. The molecule has 3 N–H and O–H groups in total. The molecule has 0 spiro atoms. The normalized spacial score (nSPS) is 15.9. The van der Waals surface area contributed by atoms with Gasteiger partial charge in [0.15, 0.2) is 17.3 Å². The summed E-state index contributed by atoms with van der Waals surface area (Å²) in [7, 11) is 0. The zero-order valence-electron chi connectivity index (χ0n) is 9.56. The Kier molecular flexibility index (Phi) is 2.44. The minimum Gasteiger partial charge on any atom is -0.409 e. The van der Waals surface area contributed by atoms with Crippen molar-refractivity contribution in [2.75, 3.05) is 0 Å². The number of nitrogens with zero attached hydrogens (tertiary/aromatic N) is 5. The van der Waals surface area contributed by atoms with Gasteiger partial charge in [-0.25, -0.2) is 14.6 Å². The van der Waals surface area contributed by atoms with Crippen molar-refractivity contribution in [2.45, 2.75) is 18.8 Å². The number of hydrogen-bond donors (Lipinski definition) is 2. The highest BCUT2D eigenvalue weighted by Crippen LogP contribution is 2.38. The molecular weight excluding hydrogens is 232 g/mol. The Morgan fingerprint density at radius 3 is 2.89 bits per heavy atom. The van der Waals surface area contributed by atoms with Crippen LogP contribution in [0, 0.1) is 0 Å². The van der Waals surface area contributed by atoms with E-state index in [0.717, 1.165) is 5.69 Å². The molecule has 0 radical (unpaired) electrons. The molecule has 1 fully saturated rings. The fraction of sp³-hybridized carbons (Fsp3) is 0.273. The van der Waals surface area contributed by atoms with E-state index in [4.69, 9.17) is 10.9 Å². The third kappa shape index (κ3) is 1.79. The molecule has 2 aromatic rings. The van der Waals surface area contributed by atoms with Gasteiger partial charge in [0.2, 0.25) is 0 Å². The lowest BCUT2D eigenvalue weighted by Gasteiger charge is -2.05. The smallest absolute Gasteiger partial charge is 0.192 e. The highest BCUT2D eigenvalue weighted by atomic mass is 16.4. The molecular formula is C11H12N6O. The first-order chi connectivity index (χ1) is 8.79. The van der Waals surface area contributed by atoms with E-state index >= 15 is 0 Å². The molecule has 2 aromatic heterocycles. The Bertz CT molecular complexity index is 601. The second-order valence-corrected chi connectivity index (χ2v) is 4.17. The summed E-state index contributed by atoms with van der Waals surface area (Å²) >= 11 is 0. The lowest BCUT2D eigenvalue weighted by atomic mass is 10.3. The molecule has 7 nitrogen and oxygen atoms in total. The van der Waals surface area contributed by atoms with Gasteiger partial charge in [0.25, 0.3) is 0 Å². The Hall–Kier alpha value is -2.44. The Labute approximate surface area is 103 Å². The van der Waals surface area contributed by atoms with Crippen LogP contribution in [0.4, 0.5) is 0 Å². The number of hydrogen-bond acceptors (Lipinski definition) is 5. The molecule has 3 rings (SSSR count). The zero-order chi connectivity index (χ0) is 12.5. The number of rotatable bonds is 3. The molecule has 0 saturated heterocycles. The lowest BCUT2D eigenvalue weighted by molar-refractivity contribution is 0.318. The molecule has 1 saturated carbocycles. The Morgan fingerprint density at radius 2 is 2.17 bits per heavy atom. The summed E-state index contributed by atoms with van der Waals surface area (Å²) < 4.78 is 1.61. The molecule has 0 aromatic carbocycles. The van der Waals surface area contributed by atoms with Crippen molar-refractivity contribution in [2.24, 2.45) is 10.9 Å². The Morgan fingerprint density at radius 1 is 1.39 bits per heavy atom. The number of oxime groups is 1. The van der Waals surface area contributed by atoms with E-state index < -0.39 is 0 Å². The maximum Gasteiger partial charge on any atom is 0.192 e. The van der Waals surface area contributed by atoms with Crippen LogP contribution in [0.3, 0.4) is 0 Å². The van der Waals surface area contributed by atoms with Crippen molar-refractivity contribution in [3.8, 4) is 5.82 Å². The van der Waals surface area contributed by atoms with Crippen LogP contribution in [0.5, 0.6) is 0 Å². The average molecular weight is 244 g/mol. The average Bonchev–Trinajstić information content (AvgIpc) is 3.16. The van der Waals surface area contributed by atoms with E-state index in [9.17, 15) is 0 Å². The van der Waals surface area contributed by atoms with Crippen molar-refractivity contribution in [1.29, 1.82) is 0 Å². The summed E-state index contributed by atoms with van der Waals surface area (Å²) in [5, 5.41) is 16.1. The maximum atomic E-state index is 8.73.